The second-order valence-electron chi connectivity index (χ2n) is 4.27. The van der Waals surface area contributed by atoms with Crippen molar-refractivity contribution in [1.29, 1.82) is 0 Å². The molecule has 0 fully saturated rings. The molecule has 0 amide bonds. The van der Waals surface area contributed by atoms with Crippen LogP contribution in [-0.2, 0) is 13.0 Å². The van der Waals surface area contributed by atoms with Crippen LogP contribution in [0.2, 0.25) is 4.34 Å². The van der Waals surface area contributed by atoms with Crippen molar-refractivity contribution in [3.63, 3.8) is 0 Å². The summed E-state index contributed by atoms with van der Waals surface area (Å²) in [4.78, 5) is 5.60. The first-order valence-corrected chi connectivity index (χ1v) is 6.84. The van der Waals surface area contributed by atoms with Crippen molar-refractivity contribution in [1.82, 2.24) is 10.3 Å². The van der Waals surface area contributed by atoms with Gasteiger partial charge in [-0.3, -0.25) is 0 Å². The van der Waals surface area contributed by atoms with Crippen LogP contribution in [0.15, 0.2) is 16.7 Å². The van der Waals surface area contributed by atoms with E-state index < -0.39 is 0 Å². The van der Waals surface area contributed by atoms with Gasteiger partial charge in [0.2, 0.25) is 5.89 Å². The number of fused-ring (bicyclic) bond motifs is 1. The summed E-state index contributed by atoms with van der Waals surface area (Å²) in [6.45, 7) is 2.58. The van der Waals surface area contributed by atoms with Gasteiger partial charge in [0, 0.05) is 10.9 Å². The molecule has 1 aliphatic carbocycles. The third kappa shape index (κ3) is 2.25. The van der Waals surface area contributed by atoms with Gasteiger partial charge in [0.1, 0.15) is 5.76 Å². The number of rotatable bonds is 3. The minimum atomic E-state index is 0.390. The molecule has 0 saturated heterocycles. The Morgan fingerprint density at radius 3 is 3.29 bits per heavy atom. The Morgan fingerprint density at radius 2 is 2.53 bits per heavy atom. The fourth-order valence-corrected chi connectivity index (χ4v) is 3.59. The van der Waals surface area contributed by atoms with Crippen LogP contribution < -0.4 is 5.32 Å². The number of nitrogens with one attached hydrogen (secondary N) is 1. The first kappa shape index (κ1) is 11.3. The average molecular weight is 269 g/mol. The molecule has 0 radical (unpaired) electrons. The van der Waals surface area contributed by atoms with Gasteiger partial charge in [-0.2, -0.15) is 0 Å². The van der Waals surface area contributed by atoms with Crippen LogP contribution in [0.1, 0.15) is 34.6 Å². The normalized spacial score (nSPS) is 18.6. The third-order valence-corrected chi connectivity index (χ3v) is 4.36. The van der Waals surface area contributed by atoms with Gasteiger partial charge in [0.05, 0.1) is 17.1 Å². The second-order valence-corrected chi connectivity index (χ2v) is 6.03. The number of aromatic nitrogens is 1. The summed E-state index contributed by atoms with van der Waals surface area (Å²) in [6, 6.07) is 2.47. The molecule has 1 aliphatic rings. The maximum atomic E-state index is 6.02. The minimum Gasteiger partial charge on any atom is -0.445 e. The van der Waals surface area contributed by atoms with E-state index in [9.17, 15) is 0 Å². The number of hydrogen-bond donors (Lipinski definition) is 1. The fourth-order valence-electron chi connectivity index (χ4n) is 2.24. The van der Waals surface area contributed by atoms with E-state index in [0.717, 1.165) is 28.8 Å². The molecule has 2 heterocycles. The fraction of sp³-hybridized carbons (Fsp3) is 0.417. The summed E-state index contributed by atoms with van der Waals surface area (Å²) in [6.07, 6.45) is 4.01. The zero-order chi connectivity index (χ0) is 11.8. The highest BCUT2D eigenvalue weighted by atomic mass is 35.5. The summed E-state index contributed by atoms with van der Waals surface area (Å²) < 4.78 is 6.32. The van der Waals surface area contributed by atoms with Crippen LogP contribution in [0.25, 0.3) is 0 Å². The Bertz CT molecular complexity index is 534. The van der Waals surface area contributed by atoms with Crippen molar-refractivity contribution in [2.24, 2.45) is 0 Å². The first-order valence-electron chi connectivity index (χ1n) is 5.65. The molecular weight excluding hydrogens is 256 g/mol. The predicted molar refractivity (Wildman–Crippen MR) is 68.5 cm³/mol. The molecule has 1 unspecified atom stereocenters. The molecule has 2 aromatic rings. The Labute approximate surface area is 109 Å². The quantitative estimate of drug-likeness (QED) is 0.926. The maximum Gasteiger partial charge on any atom is 0.208 e. The molecule has 3 nitrogen and oxygen atoms in total. The molecule has 2 aromatic heterocycles. The molecular formula is C12H13ClN2OS. The number of hydrogen-bond acceptors (Lipinski definition) is 4. The molecule has 1 N–H and O–H groups in total. The highest BCUT2D eigenvalue weighted by Crippen LogP contribution is 2.39. The highest BCUT2D eigenvalue weighted by molar-refractivity contribution is 7.16. The molecule has 17 heavy (non-hydrogen) atoms. The van der Waals surface area contributed by atoms with Crippen molar-refractivity contribution in [3.8, 4) is 0 Å². The van der Waals surface area contributed by atoms with Gasteiger partial charge in [-0.05, 0) is 31.4 Å². The van der Waals surface area contributed by atoms with E-state index in [4.69, 9.17) is 16.0 Å². The van der Waals surface area contributed by atoms with Crippen LogP contribution in [-0.4, -0.2) is 4.98 Å². The lowest BCUT2D eigenvalue weighted by Crippen LogP contribution is -2.18. The van der Waals surface area contributed by atoms with Gasteiger partial charge in [0.25, 0.3) is 0 Å². The van der Waals surface area contributed by atoms with Gasteiger partial charge in [-0.1, -0.05) is 11.6 Å². The van der Waals surface area contributed by atoms with Crippen molar-refractivity contribution in [2.75, 3.05) is 0 Å². The lowest BCUT2D eigenvalue weighted by atomic mass is 10.2. The monoisotopic (exact) mass is 268 g/mol. The zero-order valence-electron chi connectivity index (χ0n) is 9.50. The number of halogens is 1. The number of oxazole rings is 1. The lowest BCUT2D eigenvalue weighted by molar-refractivity contribution is 0.423. The minimum absolute atomic E-state index is 0.390. The molecule has 5 heteroatoms. The largest absolute Gasteiger partial charge is 0.445 e. The lowest BCUT2D eigenvalue weighted by Gasteiger charge is -2.10. The van der Waals surface area contributed by atoms with Gasteiger partial charge in [-0.25, -0.2) is 4.98 Å². The molecule has 0 saturated carbocycles. The molecule has 90 valence electrons. The van der Waals surface area contributed by atoms with Crippen LogP contribution in [0.3, 0.4) is 0 Å². The first-order chi connectivity index (χ1) is 8.22. The molecule has 3 rings (SSSR count). The van der Waals surface area contributed by atoms with Gasteiger partial charge < -0.3 is 9.73 Å². The molecule has 1 atom stereocenters. The van der Waals surface area contributed by atoms with E-state index in [0.29, 0.717) is 12.6 Å². The van der Waals surface area contributed by atoms with E-state index in [1.54, 1.807) is 17.5 Å². The van der Waals surface area contributed by atoms with Crippen molar-refractivity contribution >= 4 is 22.9 Å². The topological polar surface area (TPSA) is 38.1 Å². The Kier molecular flexibility index (Phi) is 2.94. The second kappa shape index (κ2) is 4.44. The van der Waals surface area contributed by atoms with Gasteiger partial charge in [-0.15, -0.1) is 11.3 Å². The summed E-state index contributed by atoms with van der Waals surface area (Å²) >= 11 is 7.72. The Balaban J connectivity index is 1.67. The molecule has 0 aliphatic heterocycles. The van der Waals surface area contributed by atoms with Crippen LogP contribution in [0, 0.1) is 6.92 Å². The average Bonchev–Trinajstić information content (AvgIpc) is 2.92. The van der Waals surface area contributed by atoms with E-state index in [-0.39, 0.29) is 0 Å². The van der Waals surface area contributed by atoms with Crippen LogP contribution >= 0.6 is 22.9 Å². The van der Waals surface area contributed by atoms with E-state index >= 15 is 0 Å². The number of thiophene rings is 1. The van der Waals surface area contributed by atoms with E-state index in [2.05, 4.69) is 16.4 Å². The maximum absolute atomic E-state index is 6.02. The smallest absolute Gasteiger partial charge is 0.208 e. The molecule has 0 spiro atoms. The highest BCUT2D eigenvalue weighted by Gasteiger charge is 2.24. The summed E-state index contributed by atoms with van der Waals surface area (Å²) in [5.74, 6) is 1.60. The standard InChI is InChI=1S/C12H13ClN2OS/c1-7-5-15-12(16-7)6-14-9-2-3-10-8(9)4-11(13)17-10/h4-5,9,14H,2-3,6H2,1H3. The third-order valence-electron chi connectivity index (χ3n) is 3.02. The molecule has 0 aromatic carbocycles. The van der Waals surface area contributed by atoms with Crippen LogP contribution in [0.4, 0.5) is 0 Å². The van der Waals surface area contributed by atoms with E-state index in [1.807, 2.05) is 6.92 Å². The van der Waals surface area contributed by atoms with Crippen molar-refractivity contribution in [2.45, 2.75) is 32.4 Å². The summed E-state index contributed by atoms with van der Waals surface area (Å²) in [7, 11) is 0. The number of aryl methyl sites for hydroxylation is 2. The Morgan fingerprint density at radius 1 is 1.65 bits per heavy atom. The summed E-state index contributed by atoms with van der Waals surface area (Å²) in [5.41, 5.74) is 1.35. The predicted octanol–water partition coefficient (Wildman–Crippen LogP) is 3.48. The van der Waals surface area contributed by atoms with E-state index in [1.165, 1.54) is 10.4 Å². The van der Waals surface area contributed by atoms with Crippen molar-refractivity contribution in [3.05, 3.63) is 38.7 Å². The number of nitrogens with zero attached hydrogens (tertiary/aromatic N) is 1. The zero-order valence-corrected chi connectivity index (χ0v) is 11.1. The summed E-state index contributed by atoms with van der Waals surface area (Å²) in [5, 5.41) is 3.47. The Hall–Kier alpha value is -0.840. The van der Waals surface area contributed by atoms with Crippen LogP contribution in [0.5, 0.6) is 0 Å². The SMILES string of the molecule is Cc1cnc(CNC2CCc3sc(Cl)cc32)o1. The molecule has 0 bridgehead atoms. The van der Waals surface area contributed by atoms with Crippen molar-refractivity contribution < 1.29 is 4.42 Å². The van der Waals surface area contributed by atoms with Gasteiger partial charge in [0.15, 0.2) is 0 Å². The van der Waals surface area contributed by atoms with Gasteiger partial charge >= 0.3 is 0 Å².